The highest BCUT2D eigenvalue weighted by atomic mass is 31.1. The van der Waals surface area contributed by atoms with Gasteiger partial charge < -0.3 is 5.32 Å². The first-order valence-corrected chi connectivity index (χ1v) is 10.1. The molecule has 0 aromatic heterocycles. The molecule has 1 amide bonds. The summed E-state index contributed by atoms with van der Waals surface area (Å²) >= 11 is 0. The van der Waals surface area contributed by atoms with Crippen molar-refractivity contribution in [2.45, 2.75) is 40.2 Å². The standard InChI is InChI=1S/C21H28NOP/c1-5-17(22-20(23)21(2,3)4)16-24(18-12-8-6-9-13-18)19-14-10-7-11-15-19/h6-15,17H,5,16H2,1-4H3,(H,22,23)/t17-/m0/s1. The van der Waals surface area contributed by atoms with Crippen molar-refractivity contribution >= 4 is 24.4 Å². The largest absolute Gasteiger partial charge is 0.353 e. The number of hydrogen-bond donors (Lipinski definition) is 1. The first-order valence-electron chi connectivity index (χ1n) is 8.60. The number of carbonyl (C=O) groups is 1. The van der Waals surface area contributed by atoms with E-state index in [0.717, 1.165) is 12.6 Å². The lowest BCUT2D eigenvalue weighted by Gasteiger charge is -2.28. The van der Waals surface area contributed by atoms with Crippen LogP contribution in [0.3, 0.4) is 0 Å². The van der Waals surface area contributed by atoms with E-state index >= 15 is 0 Å². The van der Waals surface area contributed by atoms with Crippen molar-refractivity contribution < 1.29 is 4.79 Å². The lowest BCUT2D eigenvalue weighted by atomic mass is 9.95. The van der Waals surface area contributed by atoms with Crippen molar-refractivity contribution in [1.82, 2.24) is 5.32 Å². The fourth-order valence-electron chi connectivity index (χ4n) is 2.47. The first kappa shape index (κ1) is 18.7. The third-order valence-electron chi connectivity index (χ3n) is 4.05. The number of benzene rings is 2. The highest BCUT2D eigenvalue weighted by molar-refractivity contribution is 7.73. The molecule has 0 spiro atoms. The van der Waals surface area contributed by atoms with Crippen molar-refractivity contribution in [2.75, 3.05) is 6.16 Å². The lowest BCUT2D eigenvalue weighted by molar-refractivity contribution is -0.129. The number of carbonyl (C=O) groups excluding carboxylic acids is 1. The van der Waals surface area contributed by atoms with Gasteiger partial charge in [-0.25, -0.2) is 0 Å². The third kappa shape index (κ3) is 5.18. The van der Waals surface area contributed by atoms with Gasteiger partial charge in [-0.05, 0) is 31.1 Å². The summed E-state index contributed by atoms with van der Waals surface area (Å²) in [7, 11) is -0.477. The van der Waals surface area contributed by atoms with Gasteiger partial charge in [0.1, 0.15) is 0 Å². The smallest absolute Gasteiger partial charge is 0.225 e. The zero-order valence-electron chi connectivity index (χ0n) is 15.1. The molecule has 0 saturated heterocycles. The number of rotatable bonds is 6. The summed E-state index contributed by atoms with van der Waals surface area (Å²) in [5.74, 6) is 0.130. The molecule has 2 aromatic rings. The van der Waals surface area contributed by atoms with Crippen LogP contribution in [0.15, 0.2) is 60.7 Å². The fourth-order valence-corrected chi connectivity index (χ4v) is 5.05. The Morgan fingerprint density at radius 1 is 0.958 bits per heavy atom. The fraction of sp³-hybridized carbons (Fsp3) is 0.381. The summed E-state index contributed by atoms with van der Waals surface area (Å²) in [6.45, 7) is 8.04. The molecule has 0 aliphatic rings. The van der Waals surface area contributed by atoms with E-state index in [0.29, 0.717) is 0 Å². The Morgan fingerprint density at radius 3 is 1.79 bits per heavy atom. The van der Waals surface area contributed by atoms with Crippen LogP contribution in [0.2, 0.25) is 0 Å². The SMILES string of the molecule is CC[C@@H](CP(c1ccccc1)c1ccccc1)NC(=O)C(C)(C)C. The second-order valence-electron chi connectivity index (χ2n) is 7.11. The van der Waals surface area contributed by atoms with E-state index in [1.54, 1.807) is 0 Å². The molecular weight excluding hydrogens is 313 g/mol. The van der Waals surface area contributed by atoms with Crippen molar-refractivity contribution in [3.63, 3.8) is 0 Å². The highest BCUT2D eigenvalue weighted by Crippen LogP contribution is 2.34. The average Bonchev–Trinajstić information content (AvgIpc) is 2.59. The van der Waals surface area contributed by atoms with Crippen molar-refractivity contribution in [1.29, 1.82) is 0 Å². The maximum atomic E-state index is 12.4. The zero-order valence-corrected chi connectivity index (χ0v) is 16.0. The molecule has 3 heteroatoms. The Morgan fingerprint density at radius 2 is 1.42 bits per heavy atom. The van der Waals surface area contributed by atoms with Gasteiger partial charge in [0, 0.05) is 11.5 Å². The maximum absolute atomic E-state index is 12.4. The topological polar surface area (TPSA) is 29.1 Å². The Balaban J connectivity index is 2.23. The minimum atomic E-state index is -0.477. The van der Waals surface area contributed by atoms with Gasteiger partial charge in [0.05, 0.1) is 0 Å². The molecule has 0 aliphatic carbocycles. The van der Waals surface area contributed by atoms with Crippen molar-refractivity contribution in [3.8, 4) is 0 Å². The predicted octanol–water partition coefficient (Wildman–Crippen LogP) is 4.06. The van der Waals surface area contributed by atoms with Gasteiger partial charge in [0.15, 0.2) is 0 Å². The number of nitrogens with one attached hydrogen (secondary N) is 1. The summed E-state index contributed by atoms with van der Waals surface area (Å²) in [5, 5.41) is 5.98. The molecule has 0 fully saturated rings. The Kier molecular flexibility index (Phi) is 6.57. The second kappa shape index (κ2) is 8.44. The minimum absolute atomic E-state index is 0.130. The molecule has 1 N–H and O–H groups in total. The Hall–Kier alpha value is -1.66. The second-order valence-corrected chi connectivity index (χ2v) is 9.36. The molecule has 2 nitrogen and oxygen atoms in total. The molecule has 2 rings (SSSR count). The van der Waals surface area contributed by atoms with Crippen LogP contribution < -0.4 is 15.9 Å². The molecule has 0 unspecified atom stereocenters. The summed E-state index contributed by atoms with van der Waals surface area (Å²) in [4.78, 5) is 12.4. The molecular formula is C21H28NOP. The molecule has 2 aromatic carbocycles. The lowest BCUT2D eigenvalue weighted by Crippen LogP contribution is -2.43. The van der Waals surface area contributed by atoms with Crippen LogP contribution in [-0.4, -0.2) is 18.1 Å². The third-order valence-corrected chi connectivity index (χ3v) is 6.70. The summed E-state index contributed by atoms with van der Waals surface area (Å²) < 4.78 is 0. The van der Waals surface area contributed by atoms with Gasteiger partial charge in [0.25, 0.3) is 0 Å². The zero-order chi connectivity index (χ0) is 17.6. The van der Waals surface area contributed by atoms with Crippen LogP contribution in [-0.2, 0) is 4.79 Å². The van der Waals surface area contributed by atoms with E-state index in [1.807, 2.05) is 20.8 Å². The van der Waals surface area contributed by atoms with E-state index in [1.165, 1.54) is 10.6 Å². The van der Waals surface area contributed by atoms with Crippen LogP contribution in [0, 0.1) is 5.41 Å². The summed E-state index contributed by atoms with van der Waals surface area (Å²) in [6, 6.07) is 21.5. The van der Waals surface area contributed by atoms with E-state index in [-0.39, 0.29) is 17.4 Å². The van der Waals surface area contributed by atoms with E-state index in [4.69, 9.17) is 0 Å². The maximum Gasteiger partial charge on any atom is 0.225 e. The van der Waals surface area contributed by atoms with Gasteiger partial charge in [0.2, 0.25) is 5.91 Å². The summed E-state index contributed by atoms with van der Waals surface area (Å²) in [5.41, 5.74) is -0.352. The molecule has 0 bridgehead atoms. The molecule has 1 atom stereocenters. The molecule has 128 valence electrons. The molecule has 0 aliphatic heterocycles. The molecule has 0 heterocycles. The van der Waals surface area contributed by atoms with Gasteiger partial charge in [-0.3, -0.25) is 4.79 Å². The number of amides is 1. The van der Waals surface area contributed by atoms with E-state index < -0.39 is 7.92 Å². The minimum Gasteiger partial charge on any atom is -0.353 e. The quantitative estimate of drug-likeness (QED) is 0.789. The van der Waals surface area contributed by atoms with Gasteiger partial charge in [-0.2, -0.15) is 0 Å². The van der Waals surface area contributed by atoms with Crippen molar-refractivity contribution in [2.24, 2.45) is 5.41 Å². The molecule has 0 radical (unpaired) electrons. The van der Waals surface area contributed by atoms with Crippen molar-refractivity contribution in [3.05, 3.63) is 60.7 Å². The number of hydrogen-bond acceptors (Lipinski definition) is 1. The van der Waals surface area contributed by atoms with Gasteiger partial charge in [-0.1, -0.05) is 88.4 Å². The van der Waals surface area contributed by atoms with Gasteiger partial charge in [-0.15, -0.1) is 0 Å². The van der Waals surface area contributed by atoms with Gasteiger partial charge >= 0.3 is 0 Å². The van der Waals surface area contributed by atoms with E-state index in [2.05, 4.69) is 72.9 Å². The summed E-state index contributed by atoms with van der Waals surface area (Å²) in [6.07, 6.45) is 1.92. The van der Waals surface area contributed by atoms with Crippen LogP contribution in [0.4, 0.5) is 0 Å². The Bertz CT molecular complexity index is 594. The normalized spacial score (nSPS) is 12.9. The first-order chi connectivity index (χ1) is 11.4. The Labute approximate surface area is 147 Å². The monoisotopic (exact) mass is 341 g/mol. The molecule has 24 heavy (non-hydrogen) atoms. The molecule has 0 saturated carbocycles. The van der Waals surface area contributed by atoms with Crippen LogP contribution in [0.1, 0.15) is 34.1 Å². The van der Waals surface area contributed by atoms with E-state index in [9.17, 15) is 4.79 Å². The highest BCUT2D eigenvalue weighted by Gasteiger charge is 2.25. The van der Waals surface area contributed by atoms with Crippen LogP contribution >= 0.6 is 7.92 Å². The predicted molar refractivity (Wildman–Crippen MR) is 106 cm³/mol. The average molecular weight is 341 g/mol. The van der Waals surface area contributed by atoms with Crippen LogP contribution in [0.5, 0.6) is 0 Å². The van der Waals surface area contributed by atoms with Crippen LogP contribution in [0.25, 0.3) is 0 Å².